The smallest absolute Gasteiger partial charge is 0.324 e. The third-order valence-corrected chi connectivity index (χ3v) is 6.54. The highest BCUT2D eigenvalue weighted by Crippen LogP contribution is 2.20. The second-order valence-corrected chi connectivity index (χ2v) is 8.73. The van der Waals surface area contributed by atoms with Crippen molar-refractivity contribution in [3.63, 3.8) is 0 Å². The standard InChI is InChI=1S/C19H19N5O4S/c1-21-15-16(22(2)19(26)23(3)17(15)25)20-18(21)29(27,28)12-13-6-8-14(9-7-13)24-10-4-5-11-24/h4-11H,12H2,1-3H3. The van der Waals surface area contributed by atoms with Crippen molar-refractivity contribution >= 4 is 21.0 Å². The van der Waals surface area contributed by atoms with Crippen LogP contribution in [0.4, 0.5) is 0 Å². The molecule has 0 bridgehead atoms. The highest BCUT2D eigenvalue weighted by molar-refractivity contribution is 7.90. The molecule has 9 nitrogen and oxygen atoms in total. The predicted molar refractivity (Wildman–Crippen MR) is 108 cm³/mol. The number of rotatable bonds is 4. The van der Waals surface area contributed by atoms with Crippen LogP contribution in [0.1, 0.15) is 5.56 Å². The van der Waals surface area contributed by atoms with Gasteiger partial charge in [0.15, 0.2) is 11.2 Å². The van der Waals surface area contributed by atoms with Crippen LogP contribution in [-0.2, 0) is 36.7 Å². The Morgan fingerprint density at radius 3 is 2.14 bits per heavy atom. The molecule has 0 aliphatic carbocycles. The van der Waals surface area contributed by atoms with Crippen LogP contribution in [0.2, 0.25) is 0 Å². The topological polar surface area (TPSA) is 101 Å². The summed E-state index contributed by atoms with van der Waals surface area (Å²) in [7, 11) is 0.408. The van der Waals surface area contributed by atoms with Gasteiger partial charge in [-0.2, -0.15) is 4.98 Å². The molecular formula is C19H19N5O4S. The molecule has 0 saturated heterocycles. The summed E-state index contributed by atoms with van der Waals surface area (Å²) in [5.74, 6) is -0.273. The summed E-state index contributed by atoms with van der Waals surface area (Å²) in [6.45, 7) is 0. The molecule has 0 unspecified atom stereocenters. The monoisotopic (exact) mass is 413 g/mol. The molecule has 3 aromatic heterocycles. The summed E-state index contributed by atoms with van der Waals surface area (Å²) in [6.07, 6.45) is 3.80. The molecule has 10 heteroatoms. The fraction of sp³-hybridized carbons (Fsp3) is 0.211. The van der Waals surface area contributed by atoms with Crippen LogP contribution in [0.5, 0.6) is 0 Å². The summed E-state index contributed by atoms with van der Waals surface area (Å²) < 4.78 is 31.3. The van der Waals surface area contributed by atoms with E-state index >= 15 is 0 Å². The van der Waals surface area contributed by atoms with Gasteiger partial charge in [0.25, 0.3) is 5.56 Å². The van der Waals surface area contributed by atoms with E-state index in [0.29, 0.717) is 5.56 Å². The first-order valence-electron chi connectivity index (χ1n) is 8.78. The van der Waals surface area contributed by atoms with E-state index in [1.54, 1.807) is 12.1 Å². The van der Waals surface area contributed by atoms with Gasteiger partial charge in [-0.25, -0.2) is 13.2 Å². The summed E-state index contributed by atoms with van der Waals surface area (Å²) >= 11 is 0. The molecule has 0 aliphatic heterocycles. The fourth-order valence-electron chi connectivity index (χ4n) is 3.33. The molecule has 29 heavy (non-hydrogen) atoms. The van der Waals surface area contributed by atoms with Gasteiger partial charge in [-0.15, -0.1) is 0 Å². The molecule has 0 amide bonds. The quantitative estimate of drug-likeness (QED) is 0.491. The lowest BCUT2D eigenvalue weighted by Crippen LogP contribution is -2.37. The van der Waals surface area contributed by atoms with Crippen LogP contribution in [0, 0.1) is 0 Å². The zero-order chi connectivity index (χ0) is 20.9. The van der Waals surface area contributed by atoms with Gasteiger partial charge in [0.05, 0.1) is 5.75 Å². The SMILES string of the molecule is Cn1c(=O)c2c(nc(S(=O)(=O)Cc3ccc(-n4cccc4)cc3)n2C)n(C)c1=O. The number of sulfone groups is 1. The Balaban J connectivity index is 1.76. The van der Waals surface area contributed by atoms with Gasteiger partial charge in [0.2, 0.25) is 15.0 Å². The van der Waals surface area contributed by atoms with Gasteiger partial charge in [-0.05, 0) is 29.8 Å². The maximum Gasteiger partial charge on any atom is 0.332 e. The Labute approximate surface area is 166 Å². The number of benzene rings is 1. The van der Waals surface area contributed by atoms with Gasteiger partial charge in [-0.3, -0.25) is 13.9 Å². The predicted octanol–water partition coefficient (Wildman–Crippen LogP) is 0.735. The van der Waals surface area contributed by atoms with Crippen molar-refractivity contribution < 1.29 is 8.42 Å². The van der Waals surface area contributed by atoms with Crippen LogP contribution in [0.25, 0.3) is 16.9 Å². The summed E-state index contributed by atoms with van der Waals surface area (Å²) in [5.41, 5.74) is 0.464. The van der Waals surface area contributed by atoms with Gasteiger partial charge in [0.1, 0.15) is 0 Å². The lowest BCUT2D eigenvalue weighted by molar-refractivity contribution is 0.579. The van der Waals surface area contributed by atoms with Crippen molar-refractivity contribution in [1.29, 1.82) is 0 Å². The van der Waals surface area contributed by atoms with Crippen LogP contribution >= 0.6 is 0 Å². The molecular weight excluding hydrogens is 394 g/mol. The Morgan fingerprint density at radius 1 is 0.897 bits per heavy atom. The van der Waals surface area contributed by atoms with Crippen LogP contribution in [0.3, 0.4) is 0 Å². The van der Waals surface area contributed by atoms with Gasteiger partial charge in [-0.1, -0.05) is 12.1 Å². The highest BCUT2D eigenvalue weighted by atomic mass is 32.2. The molecule has 0 atom stereocenters. The molecule has 0 fully saturated rings. The Hall–Kier alpha value is -3.40. The van der Waals surface area contributed by atoms with Crippen molar-refractivity contribution in [1.82, 2.24) is 23.3 Å². The Morgan fingerprint density at radius 2 is 1.52 bits per heavy atom. The third-order valence-electron chi connectivity index (χ3n) is 4.91. The number of aryl methyl sites for hydroxylation is 2. The minimum Gasteiger partial charge on any atom is -0.324 e. The lowest BCUT2D eigenvalue weighted by atomic mass is 10.2. The third kappa shape index (κ3) is 3.01. The summed E-state index contributed by atoms with van der Waals surface area (Å²) in [6, 6.07) is 11.0. The first kappa shape index (κ1) is 18.9. The van der Waals surface area contributed by atoms with E-state index in [-0.39, 0.29) is 22.1 Å². The van der Waals surface area contributed by atoms with E-state index in [0.717, 1.165) is 10.3 Å². The van der Waals surface area contributed by atoms with Crippen LogP contribution in [0.15, 0.2) is 63.5 Å². The van der Waals surface area contributed by atoms with E-state index in [4.69, 9.17) is 0 Å². The van der Waals surface area contributed by atoms with Gasteiger partial charge < -0.3 is 9.13 Å². The minimum atomic E-state index is -3.85. The average Bonchev–Trinajstić information content (AvgIpc) is 3.33. The molecule has 4 aromatic rings. The largest absolute Gasteiger partial charge is 0.332 e. The van der Waals surface area contributed by atoms with Crippen molar-refractivity contribution in [2.45, 2.75) is 10.9 Å². The van der Waals surface area contributed by atoms with E-state index in [2.05, 4.69) is 4.98 Å². The van der Waals surface area contributed by atoms with Crippen LogP contribution < -0.4 is 11.2 Å². The van der Waals surface area contributed by atoms with Crippen molar-refractivity contribution in [3.05, 3.63) is 75.2 Å². The molecule has 0 spiro atoms. The molecule has 0 saturated carbocycles. The first-order valence-corrected chi connectivity index (χ1v) is 10.4. The number of nitrogens with zero attached hydrogens (tertiary/aromatic N) is 5. The zero-order valence-corrected chi connectivity index (χ0v) is 16.9. The summed E-state index contributed by atoms with van der Waals surface area (Å²) in [5, 5.41) is -0.250. The second kappa shape index (κ2) is 6.59. The zero-order valence-electron chi connectivity index (χ0n) is 16.1. The molecule has 150 valence electrons. The second-order valence-electron chi connectivity index (χ2n) is 6.85. The normalized spacial score (nSPS) is 12.0. The van der Waals surface area contributed by atoms with E-state index in [1.165, 1.54) is 30.3 Å². The number of imidazole rings is 1. The van der Waals surface area contributed by atoms with Crippen molar-refractivity contribution in [3.8, 4) is 5.69 Å². The molecule has 0 radical (unpaired) electrons. The maximum absolute atomic E-state index is 13.0. The minimum absolute atomic E-state index is 0.0436. The molecule has 0 N–H and O–H groups in total. The summed E-state index contributed by atoms with van der Waals surface area (Å²) in [4.78, 5) is 28.7. The Kier molecular flexibility index (Phi) is 4.30. The van der Waals surface area contributed by atoms with Gasteiger partial charge >= 0.3 is 5.69 Å². The number of hydrogen-bond acceptors (Lipinski definition) is 5. The molecule has 4 rings (SSSR count). The maximum atomic E-state index is 13.0. The fourth-order valence-corrected chi connectivity index (χ4v) is 4.83. The van der Waals surface area contributed by atoms with Crippen molar-refractivity contribution in [2.75, 3.05) is 0 Å². The molecule has 0 aliphatic rings. The number of fused-ring (bicyclic) bond motifs is 1. The van der Waals surface area contributed by atoms with Crippen molar-refractivity contribution in [2.24, 2.45) is 21.1 Å². The van der Waals surface area contributed by atoms with E-state index < -0.39 is 21.1 Å². The van der Waals surface area contributed by atoms with Gasteiger partial charge in [0, 0.05) is 39.2 Å². The van der Waals surface area contributed by atoms with Crippen LogP contribution in [-0.4, -0.2) is 31.7 Å². The number of aromatic nitrogens is 5. The average molecular weight is 413 g/mol. The van der Waals surface area contributed by atoms with E-state index in [1.807, 2.05) is 41.2 Å². The Bertz CT molecular complexity index is 1440. The van der Waals surface area contributed by atoms with E-state index in [9.17, 15) is 18.0 Å². The first-order chi connectivity index (χ1) is 13.7. The highest BCUT2D eigenvalue weighted by Gasteiger charge is 2.26. The molecule has 1 aromatic carbocycles. The molecule has 3 heterocycles. The lowest BCUT2D eigenvalue weighted by Gasteiger charge is -2.07. The number of hydrogen-bond donors (Lipinski definition) is 0.